The maximum absolute atomic E-state index is 12.0. The van der Waals surface area contributed by atoms with Crippen molar-refractivity contribution >= 4 is 23.5 Å². The van der Waals surface area contributed by atoms with Gasteiger partial charge in [-0.25, -0.2) is 14.8 Å². The molecule has 35 heavy (non-hydrogen) atoms. The number of nitrogens with zero attached hydrogens (tertiary/aromatic N) is 2. The zero-order chi connectivity index (χ0) is 24.6. The molecular weight excluding hydrogens is 464 g/mol. The van der Waals surface area contributed by atoms with Crippen LogP contribution in [0.4, 0.5) is 10.5 Å². The van der Waals surface area contributed by atoms with Gasteiger partial charge in [-0.15, -0.1) is 0 Å². The Morgan fingerprint density at radius 3 is 2.54 bits per heavy atom. The van der Waals surface area contributed by atoms with Crippen molar-refractivity contribution in [2.45, 2.75) is 44.1 Å². The molecule has 0 spiro atoms. The van der Waals surface area contributed by atoms with Gasteiger partial charge in [0.05, 0.1) is 18.8 Å². The minimum atomic E-state index is -0.619. The van der Waals surface area contributed by atoms with E-state index in [-0.39, 0.29) is 30.8 Å². The van der Waals surface area contributed by atoms with E-state index < -0.39 is 6.29 Å². The molecule has 1 saturated heterocycles. The number of aliphatic hydroxyl groups is 1. The molecule has 2 amide bonds. The highest BCUT2D eigenvalue weighted by Crippen LogP contribution is 2.43. The summed E-state index contributed by atoms with van der Waals surface area (Å²) in [4.78, 5) is 20.6. The van der Waals surface area contributed by atoms with Gasteiger partial charge in [0.15, 0.2) is 11.4 Å². The molecule has 1 aliphatic rings. The number of anilines is 1. The van der Waals surface area contributed by atoms with Gasteiger partial charge in [-0.05, 0) is 36.2 Å². The van der Waals surface area contributed by atoms with Gasteiger partial charge in [0.1, 0.15) is 0 Å². The average Bonchev–Trinajstić information content (AvgIpc) is 2.89. The summed E-state index contributed by atoms with van der Waals surface area (Å²) >= 11 is 1.55. The second-order valence-electron chi connectivity index (χ2n) is 8.27. The minimum absolute atomic E-state index is 0.00512. The Hall–Kier alpha value is -2.98. The zero-order valence-corrected chi connectivity index (χ0v) is 20.6. The van der Waals surface area contributed by atoms with Crippen LogP contribution in [0.25, 0.3) is 0 Å². The number of thioether (sulfide) groups is 1. The second kappa shape index (κ2) is 12.1. The van der Waals surface area contributed by atoms with E-state index in [2.05, 4.69) is 27.5 Å². The van der Waals surface area contributed by atoms with Crippen LogP contribution in [-0.2, 0) is 16.1 Å². The first kappa shape index (κ1) is 25.1. The Bertz CT molecular complexity index is 1100. The summed E-state index contributed by atoms with van der Waals surface area (Å²) in [5.74, 6) is 0.715. The number of carbonyl (C=O) groups is 1. The lowest BCUT2D eigenvalue weighted by molar-refractivity contribution is -0.268. The Kier molecular flexibility index (Phi) is 8.70. The number of rotatable bonds is 8. The number of nitrogens with one attached hydrogen (secondary N) is 2. The Morgan fingerprint density at radius 2 is 1.83 bits per heavy atom. The van der Waals surface area contributed by atoms with Crippen molar-refractivity contribution < 1.29 is 19.4 Å². The summed E-state index contributed by atoms with van der Waals surface area (Å²) in [6.45, 7) is 4.52. The van der Waals surface area contributed by atoms with E-state index in [0.29, 0.717) is 23.1 Å². The first-order chi connectivity index (χ1) is 17.1. The van der Waals surface area contributed by atoms with E-state index in [1.165, 1.54) is 0 Å². The summed E-state index contributed by atoms with van der Waals surface area (Å²) in [5.41, 5.74) is 3.34. The molecule has 3 N–H and O–H groups in total. The van der Waals surface area contributed by atoms with Crippen LogP contribution in [0.15, 0.2) is 72.1 Å². The Morgan fingerprint density at radius 1 is 1.06 bits per heavy atom. The Labute approximate surface area is 209 Å². The first-order valence-corrected chi connectivity index (χ1v) is 12.6. The highest BCUT2D eigenvalue weighted by molar-refractivity contribution is 7.99. The lowest BCUT2D eigenvalue weighted by atomic mass is 9.91. The molecule has 0 unspecified atom stereocenters. The highest BCUT2D eigenvalue weighted by atomic mass is 32.2. The molecule has 9 heteroatoms. The number of ether oxygens (including phenoxy) is 2. The van der Waals surface area contributed by atoms with Crippen LogP contribution in [0.2, 0.25) is 0 Å². The van der Waals surface area contributed by atoms with E-state index in [1.807, 2.05) is 55.5 Å². The third-order valence-electron chi connectivity index (χ3n) is 5.80. The number of urea groups is 1. The molecule has 3 aromatic rings. The standard InChI is InChI=1S/C26H30N4O4S/c1-3-27-25(32)30-21-7-4-6-20(14-21)24-33-22(16-35-26-28-12-5-13-29-26)17(2)23(34-24)19-10-8-18(15-31)9-11-19/h4-14,17,22-24,31H,3,15-16H2,1-2H3,(H2,27,30,32)/t17-,22+,23+,24+/m1/s1. The molecule has 1 aliphatic heterocycles. The van der Waals surface area contributed by atoms with Gasteiger partial charge in [-0.3, -0.25) is 0 Å². The van der Waals surface area contributed by atoms with Crippen molar-refractivity contribution in [3.8, 4) is 0 Å². The summed E-state index contributed by atoms with van der Waals surface area (Å²) in [6, 6.07) is 16.8. The predicted molar refractivity (Wildman–Crippen MR) is 135 cm³/mol. The number of aliphatic hydroxyl groups excluding tert-OH is 1. The van der Waals surface area contributed by atoms with Crippen molar-refractivity contribution in [1.29, 1.82) is 0 Å². The molecule has 2 heterocycles. The van der Waals surface area contributed by atoms with E-state index in [0.717, 1.165) is 16.7 Å². The first-order valence-electron chi connectivity index (χ1n) is 11.6. The van der Waals surface area contributed by atoms with Gasteiger partial charge in [0, 0.05) is 41.9 Å². The maximum atomic E-state index is 12.0. The molecule has 184 valence electrons. The van der Waals surface area contributed by atoms with E-state index in [9.17, 15) is 9.90 Å². The third-order valence-corrected chi connectivity index (χ3v) is 6.76. The molecule has 8 nitrogen and oxygen atoms in total. The van der Waals surface area contributed by atoms with Gasteiger partial charge in [-0.2, -0.15) is 0 Å². The summed E-state index contributed by atoms with van der Waals surface area (Å²) < 4.78 is 12.9. The quantitative estimate of drug-likeness (QED) is 0.308. The summed E-state index contributed by atoms with van der Waals surface area (Å²) in [6.07, 6.45) is 2.48. The Balaban J connectivity index is 1.57. The number of benzene rings is 2. The zero-order valence-electron chi connectivity index (χ0n) is 19.8. The smallest absolute Gasteiger partial charge is 0.319 e. The van der Waals surface area contributed by atoms with Gasteiger partial charge in [0.25, 0.3) is 0 Å². The van der Waals surface area contributed by atoms with E-state index in [4.69, 9.17) is 9.47 Å². The van der Waals surface area contributed by atoms with Crippen LogP contribution in [0.1, 0.15) is 42.9 Å². The molecule has 0 saturated carbocycles. The molecule has 4 rings (SSSR count). The van der Waals surface area contributed by atoms with Crippen molar-refractivity contribution in [1.82, 2.24) is 15.3 Å². The predicted octanol–water partition coefficient (Wildman–Crippen LogP) is 4.69. The molecule has 0 bridgehead atoms. The molecule has 0 radical (unpaired) electrons. The summed E-state index contributed by atoms with van der Waals surface area (Å²) in [5, 5.41) is 15.7. The lowest BCUT2D eigenvalue weighted by Gasteiger charge is -2.41. The van der Waals surface area contributed by atoms with Gasteiger partial charge in [-0.1, -0.05) is 55.1 Å². The molecular formula is C26H30N4O4S. The molecule has 0 aliphatic carbocycles. The van der Waals surface area contributed by atoms with Crippen molar-refractivity contribution in [3.05, 3.63) is 83.7 Å². The SMILES string of the molecule is CCNC(=O)Nc1cccc([C@H]2O[C@@H](CSc3ncccn3)[C@@H](C)[C@@H](c3ccc(CO)cc3)O2)c1. The van der Waals surface area contributed by atoms with E-state index >= 15 is 0 Å². The van der Waals surface area contributed by atoms with Crippen LogP contribution < -0.4 is 10.6 Å². The molecule has 1 fully saturated rings. The van der Waals surface area contributed by atoms with Crippen LogP contribution in [0, 0.1) is 5.92 Å². The number of amides is 2. The minimum Gasteiger partial charge on any atom is -0.392 e. The normalized spacial score (nSPS) is 21.9. The van der Waals surface area contributed by atoms with E-state index in [1.54, 1.807) is 30.2 Å². The van der Waals surface area contributed by atoms with Crippen molar-refractivity contribution in [2.75, 3.05) is 17.6 Å². The monoisotopic (exact) mass is 494 g/mol. The van der Waals surface area contributed by atoms with Gasteiger partial charge < -0.3 is 25.2 Å². The molecule has 4 atom stereocenters. The third kappa shape index (κ3) is 6.58. The van der Waals surface area contributed by atoms with Crippen LogP contribution in [0.5, 0.6) is 0 Å². The molecule has 1 aromatic heterocycles. The lowest BCUT2D eigenvalue weighted by Crippen LogP contribution is -2.38. The van der Waals surface area contributed by atoms with Crippen LogP contribution in [0.3, 0.4) is 0 Å². The van der Waals surface area contributed by atoms with Crippen molar-refractivity contribution in [2.24, 2.45) is 5.92 Å². The number of hydrogen-bond acceptors (Lipinski definition) is 7. The van der Waals surface area contributed by atoms with Crippen LogP contribution in [-0.4, -0.2) is 39.5 Å². The van der Waals surface area contributed by atoms with Gasteiger partial charge >= 0.3 is 6.03 Å². The number of aromatic nitrogens is 2. The highest BCUT2D eigenvalue weighted by Gasteiger charge is 2.38. The van der Waals surface area contributed by atoms with Crippen molar-refractivity contribution in [3.63, 3.8) is 0 Å². The fourth-order valence-corrected chi connectivity index (χ4v) is 4.89. The van der Waals surface area contributed by atoms with Crippen LogP contribution >= 0.6 is 11.8 Å². The topological polar surface area (TPSA) is 106 Å². The number of hydrogen-bond donors (Lipinski definition) is 3. The maximum Gasteiger partial charge on any atom is 0.319 e. The average molecular weight is 495 g/mol. The largest absolute Gasteiger partial charge is 0.392 e. The fraction of sp³-hybridized carbons (Fsp3) is 0.346. The summed E-state index contributed by atoms with van der Waals surface area (Å²) in [7, 11) is 0. The second-order valence-corrected chi connectivity index (χ2v) is 9.26. The molecule has 2 aromatic carbocycles. The fourth-order valence-electron chi connectivity index (χ4n) is 3.93. The number of carbonyl (C=O) groups excluding carboxylic acids is 1. The van der Waals surface area contributed by atoms with Gasteiger partial charge in [0.2, 0.25) is 0 Å².